The molecule has 1 aromatic carbocycles. The van der Waals surface area contributed by atoms with Gasteiger partial charge in [0.25, 0.3) is 0 Å². The van der Waals surface area contributed by atoms with Crippen molar-refractivity contribution in [2.24, 2.45) is 5.92 Å². The van der Waals surface area contributed by atoms with E-state index >= 15 is 0 Å². The van der Waals surface area contributed by atoms with Gasteiger partial charge in [0.2, 0.25) is 0 Å². The van der Waals surface area contributed by atoms with Crippen LogP contribution in [0.1, 0.15) is 51.2 Å². The molecule has 1 N–H and O–H groups in total. The number of benzene rings is 1. The Kier molecular flexibility index (Phi) is 5.90. The lowest BCUT2D eigenvalue weighted by Gasteiger charge is -2.23. The van der Waals surface area contributed by atoms with Crippen LogP contribution in [-0.4, -0.2) is 19.2 Å². The van der Waals surface area contributed by atoms with Crippen LogP contribution in [0.5, 0.6) is 5.75 Å². The van der Waals surface area contributed by atoms with Crippen LogP contribution >= 0.6 is 0 Å². The summed E-state index contributed by atoms with van der Waals surface area (Å²) >= 11 is 0. The lowest BCUT2D eigenvalue weighted by atomic mass is 9.92. The molecule has 0 bridgehead atoms. The molecule has 112 valence electrons. The molecule has 1 unspecified atom stereocenters. The molecule has 1 aliphatic rings. The van der Waals surface area contributed by atoms with Crippen LogP contribution in [0, 0.1) is 5.92 Å². The Hall–Kier alpha value is -1.02. The number of nitrogens with one attached hydrogen (secondary N) is 1. The Bertz CT molecular complexity index is 414. The Labute approximate surface area is 123 Å². The smallest absolute Gasteiger partial charge is 0.119 e. The second kappa shape index (κ2) is 7.68. The average Bonchev–Trinajstić information content (AvgIpc) is 2.46. The molecule has 1 aromatic rings. The van der Waals surface area contributed by atoms with Crippen LogP contribution in [0.4, 0.5) is 0 Å². The van der Waals surface area contributed by atoms with Crippen molar-refractivity contribution < 1.29 is 4.74 Å². The summed E-state index contributed by atoms with van der Waals surface area (Å²) in [5.74, 6) is 1.63. The molecule has 2 rings (SSSR count). The molecular formula is C18H29NO. The highest BCUT2D eigenvalue weighted by atomic mass is 16.5. The third-order valence-corrected chi connectivity index (χ3v) is 4.21. The summed E-state index contributed by atoms with van der Waals surface area (Å²) in [6, 6.07) is 7.09. The molecule has 0 saturated carbocycles. The van der Waals surface area contributed by atoms with E-state index in [0.717, 1.165) is 18.9 Å². The van der Waals surface area contributed by atoms with E-state index in [2.05, 4.69) is 44.3 Å². The minimum atomic E-state index is 0.436. The van der Waals surface area contributed by atoms with Crippen LogP contribution in [0.15, 0.2) is 18.2 Å². The fraction of sp³-hybridized carbons (Fsp3) is 0.667. The highest BCUT2D eigenvalue weighted by molar-refractivity contribution is 5.37. The molecule has 0 aromatic heterocycles. The molecular weight excluding hydrogens is 246 g/mol. The quantitative estimate of drug-likeness (QED) is 0.813. The first kappa shape index (κ1) is 15.4. The molecule has 0 fully saturated rings. The standard InChI is InChI=1S/C18H29NO/c1-4-11-19-18(14(2)3)13-20-17-10-9-15-7-5-6-8-16(15)12-17/h9-10,12,14,18-19H,4-8,11,13H2,1-3H3. The number of ether oxygens (including phenoxy) is 1. The third-order valence-electron chi connectivity index (χ3n) is 4.21. The van der Waals surface area contributed by atoms with Gasteiger partial charge in [-0.2, -0.15) is 0 Å². The van der Waals surface area contributed by atoms with Crippen LogP contribution in [0.25, 0.3) is 0 Å². The van der Waals surface area contributed by atoms with E-state index in [1.54, 1.807) is 0 Å². The summed E-state index contributed by atoms with van der Waals surface area (Å²) in [5.41, 5.74) is 3.02. The summed E-state index contributed by atoms with van der Waals surface area (Å²) in [6.07, 6.45) is 6.28. The summed E-state index contributed by atoms with van der Waals surface area (Å²) in [5, 5.41) is 3.58. The zero-order valence-corrected chi connectivity index (χ0v) is 13.2. The topological polar surface area (TPSA) is 21.3 Å². The largest absolute Gasteiger partial charge is 0.492 e. The van der Waals surface area contributed by atoms with Crippen molar-refractivity contribution in [3.63, 3.8) is 0 Å². The minimum absolute atomic E-state index is 0.436. The normalized spacial score (nSPS) is 16.0. The van der Waals surface area contributed by atoms with E-state index in [-0.39, 0.29) is 0 Å². The van der Waals surface area contributed by atoms with Crippen molar-refractivity contribution in [3.05, 3.63) is 29.3 Å². The zero-order valence-electron chi connectivity index (χ0n) is 13.2. The maximum Gasteiger partial charge on any atom is 0.119 e. The fourth-order valence-corrected chi connectivity index (χ4v) is 2.80. The van der Waals surface area contributed by atoms with E-state index in [9.17, 15) is 0 Å². The van der Waals surface area contributed by atoms with Crippen molar-refractivity contribution in [1.29, 1.82) is 0 Å². The third kappa shape index (κ3) is 4.24. The molecule has 1 aliphatic carbocycles. The van der Waals surface area contributed by atoms with Crippen LogP contribution in [-0.2, 0) is 12.8 Å². The molecule has 0 amide bonds. The molecule has 20 heavy (non-hydrogen) atoms. The summed E-state index contributed by atoms with van der Waals surface area (Å²) in [6.45, 7) is 8.54. The second-order valence-electron chi connectivity index (χ2n) is 6.25. The molecule has 2 nitrogen and oxygen atoms in total. The molecule has 0 heterocycles. The minimum Gasteiger partial charge on any atom is -0.492 e. The maximum atomic E-state index is 6.03. The Balaban J connectivity index is 1.92. The summed E-state index contributed by atoms with van der Waals surface area (Å²) in [7, 11) is 0. The Morgan fingerprint density at radius 3 is 2.60 bits per heavy atom. The van der Waals surface area contributed by atoms with Gasteiger partial charge in [-0.15, -0.1) is 0 Å². The monoisotopic (exact) mass is 275 g/mol. The van der Waals surface area contributed by atoms with E-state index < -0.39 is 0 Å². The number of fused-ring (bicyclic) bond motifs is 1. The van der Waals surface area contributed by atoms with Crippen molar-refractivity contribution in [2.75, 3.05) is 13.2 Å². The lowest BCUT2D eigenvalue weighted by molar-refractivity contribution is 0.230. The van der Waals surface area contributed by atoms with Gasteiger partial charge in [0, 0.05) is 6.04 Å². The van der Waals surface area contributed by atoms with Gasteiger partial charge in [-0.25, -0.2) is 0 Å². The summed E-state index contributed by atoms with van der Waals surface area (Å²) in [4.78, 5) is 0. The molecule has 2 heteroatoms. The van der Waals surface area contributed by atoms with E-state index in [0.29, 0.717) is 12.0 Å². The van der Waals surface area contributed by atoms with Gasteiger partial charge >= 0.3 is 0 Å². The predicted octanol–water partition coefficient (Wildman–Crippen LogP) is 3.97. The van der Waals surface area contributed by atoms with Crippen molar-refractivity contribution >= 4 is 0 Å². The number of hydrogen-bond acceptors (Lipinski definition) is 2. The van der Waals surface area contributed by atoms with Gasteiger partial charge in [0.15, 0.2) is 0 Å². The number of rotatable bonds is 7. The molecule has 0 radical (unpaired) electrons. The van der Waals surface area contributed by atoms with Crippen LogP contribution in [0.3, 0.4) is 0 Å². The van der Waals surface area contributed by atoms with Crippen LogP contribution < -0.4 is 10.1 Å². The number of hydrogen-bond donors (Lipinski definition) is 1. The van der Waals surface area contributed by atoms with E-state index in [1.807, 2.05) is 0 Å². The molecule has 1 atom stereocenters. The van der Waals surface area contributed by atoms with E-state index in [1.165, 1.54) is 43.2 Å². The van der Waals surface area contributed by atoms with Crippen molar-refractivity contribution in [1.82, 2.24) is 5.32 Å². The highest BCUT2D eigenvalue weighted by Gasteiger charge is 2.14. The highest BCUT2D eigenvalue weighted by Crippen LogP contribution is 2.25. The SMILES string of the molecule is CCCNC(COc1ccc2c(c1)CCCC2)C(C)C. The van der Waals surface area contributed by atoms with Gasteiger partial charge in [0.1, 0.15) is 12.4 Å². The lowest BCUT2D eigenvalue weighted by Crippen LogP contribution is -2.39. The Morgan fingerprint density at radius 1 is 1.15 bits per heavy atom. The second-order valence-corrected chi connectivity index (χ2v) is 6.25. The molecule has 0 aliphatic heterocycles. The predicted molar refractivity (Wildman–Crippen MR) is 85.5 cm³/mol. The summed E-state index contributed by atoms with van der Waals surface area (Å²) < 4.78 is 6.03. The first-order valence-electron chi connectivity index (χ1n) is 8.18. The molecule has 0 saturated heterocycles. The first-order valence-corrected chi connectivity index (χ1v) is 8.18. The van der Waals surface area contributed by atoms with E-state index in [4.69, 9.17) is 4.74 Å². The average molecular weight is 275 g/mol. The first-order chi connectivity index (χ1) is 9.70. The van der Waals surface area contributed by atoms with Gasteiger partial charge in [-0.1, -0.05) is 26.8 Å². The van der Waals surface area contributed by atoms with Crippen molar-refractivity contribution in [3.8, 4) is 5.75 Å². The molecule has 0 spiro atoms. The maximum absolute atomic E-state index is 6.03. The van der Waals surface area contributed by atoms with Gasteiger partial charge in [0.05, 0.1) is 0 Å². The van der Waals surface area contributed by atoms with Gasteiger partial charge in [-0.05, 0) is 67.8 Å². The van der Waals surface area contributed by atoms with Gasteiger partial charge in [-0.3, -0.25) is 0 Å². The number of aryl methyl sites for hydroxylation is 2. The fourth-order valence-electron chi connectivity index (χ4n) is 2.80. The zero-order chi connectivity index (χ0) is 14.4. The van der Waals surface area contributed by atoms with Crippen molar-refractivity contribution in [2.45, 2.75) is 58.9 Å². The van der Waals surface area contributed by atoms with Crippen LogP contribution in [0.2, 0.25) is 0 Å². The Morgan fingerprint density at radius 2 is 1.90 bits per heavy atom. The van der Waals surface area contributed by atoms with Gasteiger partial charge < -0.3 is 10.1 Å².